The van der Waals surface area contributed by atoms with Crippen LogP contribution in [-0.4, -0.2) is 35.0 Å². The van der Waals surface area contributed by atoms with Crippen LogP contribution in [0.3, 0.4) is 0 Å². The van der Waals surface area contributed by atoms with Crippen molar-refractivity contribution in [1.29, 1.82) is 0 Å². The zero-order valence-electron chi connectivity index (χ0n) is 11.7. The van der Waals surface area contributed by atoms with Gasteiger partial charge in [0.05, 0.1) is 11.8 Å². The monoisotopic (exact) mass is 291 g/mol. The van der Waals surface area contributed by atoms with Gasteiger partial charge in [-0.3, -0.25) is 9.59 Å². The van der Waals surface area contributed by atoms with Crippen LogP contribution in [-0.2, 0) is 16.0 Å². The zero-order chi connectivity index (χ0) is 15.0. The van der Waals surface area contributed by atoms with Crippen molar-refractivity contribution in [2.45, 2.75) is 19.3 Å². The van der Waals surface area contributed by atoms with E-state index in [0.717, 1.165) is 18.4 Å². The third kappa shape index (κ3) is 3.06. The first-order valence-corrected chi connectivity index (χ1v) is 7.30. The Hall–Kier alpha value is -1.91. The Kier molecular flexibility index (Phi) is 3.66. The minimum Gasteiger partial charge on any atom is -0.481 e. The molecule has 1 aliphatic carbocycles. The molecule has 3 rings (SSSR count). The highest BCUT2D eigenvalue weighted by atomic mass is 19.1. The van der Waals surface area contributed by atoms with Crippen LogP contribution in [0.2, 0.25) is 0 Å². The number of nitrogens with zero attached hydrogens (tertiary/aromatic N) is 1. The Morgan fingerprint density at radius 2 is 1.95 bits per heavy atom. The molecule has 0 aromatic heterocycles. The predicted octanol–water partition coefficient (Wildman–Crippen LogP) is 1.94. The normalized spacial score (nSPS) is 27.7. The van der Waals surface area contributed by atoms with Crippen molar-refractivity contribution < 1.29 is 19.1 Å². The molecular formula is C16H18FNO3. The van der Waals surface area contributed by atoms with Gasteiger partial charge in [0.1, 0.15) is 5.82 Å². The van der Waals surface area contributed by atoms with Crippen LogP contribution in [0.4, 0.5) is 4.39 Å². The third-order valence-electron chi connectivity index (χ3n) is 4.46. The minimum atomic E-state index is -0.865. The largest absolute Gasteiger partial charge is 0.481 e. The van der Waals surface area contributed by atoms with Crippen LogP contribution in [0.1, 0.15) is 18.4 Å². The number of carboxylic acids is 1. The Balaban J connectivity index is 1.52. The van der Waals surface area contributed by atoms with Gasteiger partial charge in [-0.05, 0) is 42.9 Å². The fourth-order valence-electron chi connectivity index (χ4n) is 3.13. The van der Waals surface area contributed by atoms with Gasteiger partial charge in [0, 0.05) is 13.1 Å². The van der Waals surface area contributed by atoms with Crippen LogP contribution in [0.25, 0.3) is 0 Å². The fourth-order valence-corrected chi connectivity index (χ4v) is 3.13. The number of halogens is 1. The Morgan fingerprint density at radius 1 is 1.24 bits per heavy atom. The molecule has 3 atom stereocenters. The lowest BCUT2D eigenvalue weighted by Gasteiger charge is -2.16. The number of hydrogen-bond donors (Lipinski definition) is 1. The predicted molar refractivity (Wildman–Crippen MR) is 74.0 cm³/mol. The van der Waals surface area contributed by atoms with E-state index in [-0.39, 0.29) is 17.6 Å². The number of carboxylic acid groups (broad SMARTS) is 1. The van der Waals surface area contributed by atoms with Crippen molar-refractivity contribution in [1.82, 2.24) is 4.90 Å². The molecule has 0 bridgehead atoms. The van der Waals surface area contributed by atoms with E-state index in [1.54, 1.807) is 17.0 Å². The van der Waals surface area contributed by atoms with Crippen LogP contribution < -0.4 is 0 Å². The van der Waals surface area contributed by atoms with Crippen LogP contribution in [0.15, 0.2) is 24.3 Å². The second-order valence-electron chi connectivity index (χ2n) is 6.06. The smallest absolute Gasteiger partial charge is 0.307 e. The van der Waals surface area contributed by atoms with Gasteiger partial charge in [0.25, 0.3) is 0 Å². The van der Waals surface area contributed by atoms with E-state index >= 15 is 0 Å². The minimum absolute atomic E-state index is 0.0102. The molecule has 0 radical (unpaired) electrons. The molecule has 1 aliphatic heterocycles. The van der Waals surface area contributed by atoms with Crippen molar-refractivity contribution in [2.75, 3.05) is 13.1 Å². The van der Waals surface area contributed by atoms with Gasteiger partial charge in [0.2, 0.25) is 5.91 Å². The summed E-state index contributed by atoms with van der Waals surface area (Å²) in [5.74, 6) is -1.53. The van der Waals surface area contributed by atoms with E-state index in [2.05, 4.69) is 0 Å². The number of hydrogen-bond acceptors (Lipinski definition) is 2. The molecule has 112 valence electrons. The van der Waals surface area contributed by atoms with Crippen molar-refractivity contribution in [3.63, 3.8) is 0 Å². The Morgan fingerprint density at radius 3 is 2.57 bits per heavy atom. The van der Waals surface area contributed by atoms with Crippen LogP contribution >= 0.6 is 0 Å². The van der Waals surface area contributed by atoms with E-state index in [4.69, 9.17) is 5.11 Å². The summed E-state index contributed by atoms with van der Waals surface area (Å²) < 4.78 is 12.9. The molecule has 1 N–H and O–H groups in total. The van der Waals surface area contributed by atoms with E-state index in [1.807, 2.05) is 0 Å². The molecule has 1 saturated heterocycles. The molecule has 1 aromatic carbocycles. The molecule has 1 saturated carbocycles. The summed E-state index contributed by atoms with van der Waals surface area (Å²) in [4.78, 5) is 24.8. The summed E-state index contributed by atoms with van der Waals surface area (Å²) in [6.45, 7) is 1.38. The van der Waals surface area contributed by atoms with Gasteiger partial charge in [-0.2, -0.15) is 0 Å². The summed E-state index contributed by atoms with van der Waals surface area (Å²) in [5, 5.41) is 8.88. The third-order valence-corrected chi connectivity index (χ3v) is 4.46. The highest BCUT2D eigenvalue weighted by molar-refractivity contribution is 5.89. The number of carbonyl (C=O) groups is 2. The van der Waals surface area contributed by atoms with E-state index < -0.39 is 11.9 Å². The maximum absolute atomic E-state index is 12.9. The van der Waals surface area contributed by atoms with Gasteiger partial charge < -0.3 is 10.0 Å². The Labute approximate surface area is 122 Å². The topological polar surface area (TPSA) is 57.6 Å². The molecule has 4 nitrogen and oxygen atoms in total. The molecule has 1 heterocycles. The van der Waals surface area contributed by atoms with Crippen molar-refractivity contribution in [2.24, 2.45) is 17.8 Å². The molecule has 2 fully saturated rings. The van der Waals surface area contributed by atoms with E-state index in [9.17, 15) is 14.0 Å². The highest BCUT2D eigenvalue weighted by Crippen LogP contribution is 2.41. The molecular weight excluding hydrogens is 273 g/mol. The Bertz CT molecular complexity index is 557. The summed E-state index contributed by atoms with van der Waals surface area (Å²) in [6, 6.07) is 6.46. The number of likely N-dealkylation sites (tertiary alicyclic amines) is 1. The lowest BCUT2D eigenvalue weighted by atomic mass is 9.99. The molecule has 1 aromatic rings. The fraction of sp³-hybridized carbons (Fsp3) is 0.500. The molecule has 0 spiro atoms. The van der Waals surface area contributed by atoms with Crippen LogP contribution in [0.5, 0.6) is 0 Å². The quantitative estimate of drug-likeness (QED) is 0.922. The van der Waals surface area contributed by atoms with Gasteiger partial charge >= 0.3 is 5.97 Å². The van der Waals surface area contributed by atoms with Gasteiger partial charge in [-0.15, -0.1) is 0 Å². The molecule has 3 unspecified atom stereocenters. The second kappa shape index (κ2) is 5.47. The van der Waals surface area contributed by atoms with Crippen LogP contribution in [0, 0.1) is 23.6 Å². The molecule has 1 amide bonds. The van der Waals surface area contributed by atoms with Crippen molar-refractivity contribution >= 4 is 11.9 Å². The first-order chi connectivity index (χ1) is 10.0. The lowest BCUT2D eigenvalue weighted by molar-refractivity contribution is -0.141. The SMILES string of the molecule is O=C(O)C1CC1C(=O)N1CCC(Cc2ccc(F)cc2)C1. The van der Waals surface area contributed by atoms with Gasteiger partial charge in [-0.25, -0.2) is 4.39 Å². The number of carbonyl (C=O) groups excluding carboxylic acids is 1. The summed E-state index contributed by atoms with van der Waals surface area (Å²) in [5.41, 5.74) is 1.07. The first kappa shape index (κ1) is 14.0. The average Bonchev–Trinajstić information content (AvgIpc) is 3.14. The standard InChI is InChI=1S/C16H18FNO3/c17-12-3-1-10(2-4-12)7-11-5-6-18(9-11)15(19)13-8-14(13)16(20)21/h1-4,11,13-14H,5-9H2,(H,20,21). The zero-order valence-corrected chi connectivity index (χ0v) is 11.7. The number of rotatable bonds is 4. The van der Waals surface area contributed by atoms with E-state index in [1.165, 1.54) is 12.1 Å². The summed E-state index contributed by atoms with van der Waals surface area (Å²) in [6.07, 6.45) is 2.23. The lowest BCUT2D eigenvalue weighted by Crippen LogP contribution is -2.31. The summed E-state index contributed by atoms with van der Waals surface area (Å²) in [7, 11) is 0. The van der Waals surface area contributed by atoms with Gasteiger partial charge in [-0.1, -0.05) is 12.1 Å². The average molecular weight is 291 g/mol. The van der Waals surface area contributed by atoms with Crippen molar-refractivity contribution in [3.8, 4) is 0 Å². The molecule has 2 aliphatic rings. The number of amides is 1. The number of aliphatic carboxylic acids is 1. The maximum Gasteiger partial charge on any atom is 0.307 e. The molecule has 5 heteroatoms. The second-order valence-corrected chi connectivity index (χ2v) is 6.06. The maximum atomic E-state index is 12.9. The number of benzene rings is 1. The molecule has 21 heavy (non-hydrogen) atoms. The van der Waals surface area contributed by atoms with Crippen molar-refractivity contribution in [3.05, 3.63) is 35.6 Å². The first-order valence-electron chi connectivity index (χ1n) is 7.30. The van der Waals surface area contributed by atoms with E-state index in [0.29, 0.717) is 25.4 Å². The highest BCUT2D eigenvalue weighted by Gasteiger charge is 2.50. The van der Waals surface area contributed by atoms with Gasteiger partial charge in [0.15, 0.2) is 0 Å². The summed E-state index contributed by atoms with van der Waals surface area (Å²) >= 11 is 0.